The number of hydrogen-bond donors (Lipinski definition) is 1. The van der Waals surface area contributed by atoms with Gasteiger partial charge in [0.05, 0.1) is 0 Å². The van der Waals surface area contributed by atoms with Crippen LogP contribution in [0.25, 0.3) is 0 Å². The van der Waals surface area contributed by atoms with Crippen LogP contribution in [0.15, 0.2) is 4.99 Å². The predicted molar refractivity (Wildman–Crippen MR) is 103 cm³/mol. The molecular formula is C20H37N3O2. The molecule has 2 aliphatic rings. The van der Waals surface area contributed by atoms with Gasteiger partial charge in [-0.3, -0.25) is 9.79 Å². The molecule has 0 aromatic heterocycles. The normalized spacial score (nSPS) is 19.8. The first-order valence-corrected chi connectivity index (χ1v) is 10.0. The molecule has 1 saturated heterocycles. The average Bonchev–Trinajstić information content (AvgIpc) is 2.94. The highest BCUT2D eigenvalue weighted by Gasteiger charge is 2.43. The largest absolute Gasteiger partial charge is 0.460 e. The van der Waals surface area contributed by atoms with Crippen molar-refractivity contribution in [1.82, 2.24) is 10.2 Å². The standard InChI is InChI=1S/C20H37N3O2/c1-19(2,3)25-17(24)10-7-5-6-8-14-22-18(21-4)23-15-13-20(16-23)11-9-12-20/h5-16H2,1-4H3,(H,21,22). The Morgan fingerprint density at radius 3 is 2.44 bits per heavy atom. The zero-order valence-corrected chi connectivity index (χ0v) is 16.7. The molecule has 0 unspecified atom stereocenters. The van der Waals surface area contributed by atoms with E-state index in [1.54, 1.807) is 0 Å². The van der Waals surface area contributed by atoms with E-state index in [4.69, 9.17) is 4.74 Å². The van der Waals surface area contributed by atoms with Crippen molar-refractivity contribution in [1.29, 1.82) is 0 Å². The number of hydrogen-bond acceptors (Lipinski definition) is 3. The van der Waals surface area contributed by atoms with Gasteiger partial charge in [-0.25, -0.2) is 0 Å². The third-order valence-electron chi connectivity index (χ3n) is 5.37. The Morgan fingerprint density at radius 1 is 1.16 bits per heavy atom. The quantitative estimate of drug-likeness (QED) is 0.329. The Bertz CT molecular complexity index is 464. The fraction of sp³-hybridized carbons (Fsp3) is 0.900. The molecule has 0 aromatic carbocycles. The van der Waals surface area contributed by atoms with Gasteiger partial charge in [0.2, 0.25) is 0 Å². The monoisotopic (exact) mass is 351 g/mol. The van der Waals surface area contributed by atoms with Crippen molar-refractivity contribution in [3.63, 3.8) is 0 Å². The van der Waals surface area contributed by atoms with Crippen LogP contribution in [0.4, 0.5) is 0 Å². The van der Waals surface area contributed by atoms with E-state index in [2.05, 4.69) is 15.2 Å². The molecule has 0 radical (unpaired) electrons. The summed E-state index contributed by atoms with van der Waals surface area (Å²) in [5.74, 6) is 0.988. The van der Waals surface area contributed by atoms with E-state index >= 15 is 0 Å². The van der Waals surface area contributed by atoms with E-state index in [1.807, 2.05) is 27.8 Å². The van der Waals surface area contributed by atoms with Crippen molar-refractivity contribution in [2.24, 2.45) is 10.4 Å². The highest BCUT2D eigenvalue weighted by atomic mass is 16.6. The number of carbonyl (C=O) groups is 1. The minimum atomic E-state index is -0.371. The lowest BCUT2D eigenvalue weighted by Gasteiger charge is -2.38. The van der Waals surface area contributed by atoms with E-state index in [0.717, 1.165) is 44.7 Å². The van der Waals surface area contributed by atoms with Gasteiger partial charge >= 0.3 is 5.97 Å². The third kappa shape index (κ3) is 6.52. The van der Waals surface area contributed by atoms with Crippen LogP contribution in [-0.2, 0) is 9.53 Å². The third-order valence-corrected chi connectivity index (χ3v) is 5.37. The van der Waals surface area contributed by atoms with Crippen molar-refractivity contribution in [2.75, 3.05) is 26.7 Å². The number of nitrogens with one attached hydrogen (secondary N) is 1. The first kappa shape index (κ1) is 20.1. The van der Waals surface area contributed by atoms with Gasteiger partial charge in [-0.1, -0.05) is 19.3 Å². The van der Waals surface area contributed by atoms with Crippen LogP contribution in [0, 0.1) is 5.41 Å². The number of unbranched alkanes of at least 4 members (excludes halogenated alkanes) is 3. The van der Waals surface area contributed by atoms with Gasteiger partial charge in [0.15, 0.2) is 5.96 Å². The summed E-state index contributed by atoms with van der Waals surface area (Å²) in [5, 5.41) is 3.51. The minimum absolute atomic E-state index is 0.0787. The van der Waals surface area contributed by atoms with Crippen LogP contribution in [0.3, 0.4) is 0 Å². The van der Waals surface area contributed by atoms with Gasteiger partial charge < -0.3 is 15.0 Å². The van der Waals surface area contributed by atoms with E-state index in [0.29, 0.717) is 11.8 Å². The Morgan fingerprint density at radius 2 is 1.88 bits per heavy atom. The highest BCUT2D eigenvalue weighted by Crippen LogP contribution is 2.47. The van der Waals surface area contributed by atoms with Gasteiger partial charge in [-0.2, -0.15) is 0 Å². The summed E-state index contributed by atoms with van der Waals surface area (Å²) in [5.41, 5.74) is 0.240. The Hall–Kier alpha value is -1.26. The molecule has 1 spiro atoms. The molecular weight excluding hydrogens is 314 g/mol. The molecule has 144 valence electrons. The number of esters is 1. The van der Waals surface area contributed by atoms with E-state index < -0.39 is 0 Å². The van der Waals surface area contributed by atoms with E-state index in [1.165, 1.54) is 32.2 Å². The fourth-order valence-electron chi connectivity index (χ4n) is 3.87. The van der Waals surface area contributed by atoms with Crippen LogP contribution in [0.1, 0.15) is 78.6 Å². The predicted octanol–water partition coefficient (Wildman–Crippen LogP) is 3.73. The SMILES string of the molecule is CN=C(NCCCCCCC(=O)OC(C)(C)C)N1CCC2(CCC2)C1. The number of guanidine groups is 1. The van der Waals surface area contributed by atoms with Crippen molar-refractivity contribution in [2.45, 2.75) is 84.2 Å². The van der Waals surface area contributed by atoms with Crippen molar-refractivity contribution < 1.29 is 9.53 Å². The van der Waals surface area contributed by atoms with Gasteiger partial charge in [-0.15, -0.1) is 0 Å². The van der Waals surface area contributed by atoms with Gasteiger partial charge in [0, 0.05) is 33.1 Å². The molecule has 2 fully saturated rings. The summed E-state index contributed by atoms with van der Waals surface area (Å²) < 4.78 is 5.33. The molecule has 0 atom stereocenters. The summed E-state index contributed by atoms with van der Waals surface area (Å²) in [6.45, 7) is 9.03. The number of carbonyl (C=O) groups excluding carboxylic acids is 1. The Labute approximate surface area is 153 Å². The van der Waals surface area contributed by atoms with Crippen LogP contribution in [-0.4, -0.2) is 49.1 Å². The molecule has 0 aromatic rings. The molecule has 0 bridgehead atoms. The van der Waals surface area contributed by atoms with Crippen LogP contribution >= 0.6 is 0 Å². The van der Waals surface area contributed by atoms with Crippen LogP contribution < -0.4 is 5.32 Å². The fourth-order valence-corrected chi connectivity index (χ4v) is 3.87. The summed E-state index contributed by atoms with van der Waals surface area (Å²) >= 11 is 0. The molecule has 5 nitrogen and oxygen atoms in total. The molecule has 25 heavy (non-hydrogen) atoms. The molecule has 1 aliphatic heterocycles. The number of nitrogens with zero attached hydrogens (tertiary/aromatic N) is 2. The second kappa shape index (κ2) is 8.91. The maximum Gasteiger partial charge on any atom is 0.306 e. The zero-order valence-electron chi connectivity index (χ0n) is 16.7. The maximum atomic E-state index is 11.6. The lowest BCUT2D eigenvalue weighted by Crippen LogP contribution is -2.42. The molecule has 1 heterocycles. The second-order valence-electron chi connectivity index (χ2n) is 8.75. The van der Waals surface area contributed by atoms with Crippen LogP contribution in [0.5, 0.6) is 0 Å². The molecule has 5 heteroatoms. The summed E-state index contributed by atoms with van der Waals surface area (Å²) in [6, 6.07) is 0. The molecule has 1 saturated carbocycles. The summed E-state index contributed by atoms with van der Waals surface area (Å²) in [6.07, 6.45) is 10.3. The minimum Gasteiger partial charge on any atom is -0.460 e. The zero-order chi connectivity index (χ0) is 18.3. The number of rotatable bonds is 7. The molecule has 2 rings (SSSR count). The van der Waals surface area contributed by atoms with Crippen LogP contribution in [0.2, 0.25) is 0 Å². The smallest absolute Gasteiger partial charge is 0.306 e. The Balaban J connectivity index is 1.51. The number of likely N-dealkylation sites (tertiary alicyclic amines) is 1. The molecule has 0 amide bonds. The summed E-state index contributed by atoms with van der Waals surface area (Å²) in [4.78, 5) is 18.5. The van der Waals surface area contributed by atoms with E-state index in [9.17, 15) is 4.79 Å². The lowest BCUT2D eigenvalue weighted by atomic mass is 9.68. The number of ether oxygens (including phenoxy) is 1. The summed E-state index contributed by atoms with van der Waals surface area (Å²) in [7, 11) is 1.88. The Kier molecular flexibility index (Phi) is 7.14. The van der Waals surface area contributed by atoms with Crippen molar-refractivity contribution in [3.05, 3.63) is 0 Å². The number of aliphatic imine (C=N–C) groups is 1. The molecule has 1 aliphatic carbocycles. The van der Waals surface area contributed by atoms with Gasteiger partial charge in [0.1, 0.15) is 5.60 Å². The average molecular weight is 352 g/mol. The lowest BCUT2D eigenvalue weighted by molar-refractivity contribution is -0.154. The van der Waals surface area contributed by atoms with E-state index in [-0.39, 0.29) is 11.6 Å². The second-order valence-corrected chi connectivity index (χ2v) is 8.75. The van der Waals surface area contributed by atoms with Crippen molar-refractivity contribution in [3.8, 4) is 0 Å². The highest BCUT2D eigenvalue weighted by molar-refractivity contribution is 5.80. The first-order valence-electron chi connectivity index (χ1n) is 10.0. The van der Waals surface area contributed by atoms with Gasteiger partial charge in [0.25, 0.3) is 0 Å². The topological polar surface area (TPSA) is 53.9 Å². The van der Waals surface area contributed by atoms with Crippen molar-refractivity contribution >= 4 is 11.9 Å². The maximum absolute atomic E-state index is 11.6. The molecule has 1 N–H and O–H groups in total. The first-order chi connectivity index (χ1) is 11.8. The van der Waals surface area contributed by atoms with Gasteiger partial charge in [-0.05, 0) is 58.3 Å².